The van der Waals surface area contributed by atoms with Crippen LogP contribution in [-0.4, -0.2) is 10.1 Å². The van der Waals surface area contributed by atoms with Crippen molar-refractivity contribution in [2.45, 2.75) is 6.10 Å². The number of nitrogens with two attached hydrogens (primary N) is 1. The zero-order valence-corrected chi connectivity index (χ0v) is 10.1. The summed E-state index contributed by atoms with van der Waals surface area (Å²) in [6.07, 6.45) is 2.56. The topological polar surface area (TPSA) is 59.1 Å². The van der Waals surface area contributed by atoms with Gasteiger partial charge in [-0.15, -0.1) is 0 Å². The van der Waals surface area contributed by atoms with Crippen LogP contribution in [0.4, 0.5) is 5.69 Å². The van der Waals surface area contributed by atoms with E-state index in [0.29, 0.717) is 11.3 Å². The first-order valence-corrected chi connectivity index (χ1v) is 5.60. The molecule has 82 valence electrons. The number of nitrogen functional groups attached to an aromatic ring is 1. The second-order valence-electron chi connectivity index (χ2n) is 3.46. The van der Waals surface area contributed by atoms with Gasteiger partial charge in [-0.1, -0.05) is 28.1 Å². The molecule has 0 aliphatic carbocycles. The van der Waals surface area contributed by atoms with Crippen molar-refractivity contribution in [1.82, 2.24) is 4.98 Å². The van der Waals surface area contributed by atoms with Crippen LogP contribution in [0.3, 0.4) is 0 Å². The Labute approximate surface area is 102 Å². The number of nitrogens with zero attached hydrogens (tertiary/aromatic N) is 1. The average molecular weight is 279 g/mol. The maximum Gasteiger partial charge on any atom is 0.108 e. The predicted octanol–water partition coefficient (Wildman–Crippen LogP) is 2.51. The van der Waals surface area contributed by atoms with E-state index in [0.717, 1.165) is 10.0 Å². The van der Waals surface area contributed by atoms with Crippen molar-refractivity contribution >= 4 is 21.6 Å². The summed E-state index contributed by atoms with van der Waals surface area (Å²) in [6, 6.07) is 9.03. The summed E-state index contributed by atoms with van der Waals surface area (Å²) in [5.41, 5.74) is 7.83. The normalized spacial score (nSPS) is 12.4. The molecule has 0 bridgehead atoms. The highest BCUT2D eigenvalue weighted by atomic mass is 79.9. The van der Waals surface area contributed by atoms with Crippen LogP contribution in [0.15, 0.2) is 47.2 Å². The van der Waals surface area contributed by atoms with Crippen molar-refractivity contribution in [3.8, 4) is 0 Å². The first-order valence-electron chi connectivity index (χ1n) is 4.81. The van der Waals surface area contributed by atoms with E-state index in [1.165, 1.54) is 0 Å². The van der Waals surface area contributed by atoms with E-state index in [4.69, 9.17) is 5.73 Å². The van der Waals surface area contributed by atoms with E-state index < -0.39 is 6.10 Å². The Balaban J connectivity index is 2.38. The minimum Gasteiger partial charge on any atom is -0.398 e. The van der Waals surface area contributed by atoms with Gasteiger partial charge in [0.25, 0.3) is 0 Å². The molecule has 0 amide bonds. The molecule has 3 nitrogen and oxygen atoms in total. The lowest BCUT2D eigenvalue weighted by atomic mass is 10.0. The van der Waals surface area contributed by atoms with Crippen molar-refractivity contribution in [2.24, 2.45) is 0 Å². The number of aliphatic hydroxyl groups is 1. The van der Waals surface area contributed by atoms with Crippen LogP contribution in [0.1, 0.15) is 17.2 Å². The SMILES string of the molecule is Nc1cc(Br)ccc1C(O)c1cccnc1. The molecule has 0 saturated heterocycles. The third kappa shape index (κ3) is 2.23. The average Bonchev–Trinajstić information content (AvgIpc) is 2.29. The number of rotatable bonds is 2. The predicted molar refractivity (Wildman–Crippen MR) is 66.9 cm³/mol. The van der Waals surface area contributed by atoms with E-state index in [1.54, 1.807) is 30.6 Å². The zero-order chi connectivity index (χ0) is 11.5. The van der Waals surface area contributed by atoms with E-state index in [2.05, 4.69) is 20.9 Å². The Hall–Kier alpha value is -1.39. The largest absolute Gasteiger partial charge is 0.398 e. The number of benzene rings is 1. The molecule has 1 heterocycles. The smallest absolute Gasteiger partial charge is 0.108 e. The number of halogens is 1. The highest BCUT2D eigenvalue weighted by Gasteiger charge is 2.13. The van der Waals surface area contributed by atoms with Gasteiger partial charge >= 0.3 is 0 Å². The number of hydrogen-bond donors (Lipinski definition) is 2. The molecule has 3 N–H and O–H groups in total. The molecular formula is C12H11BrN2O. The van der Waals surface area contributed by atoms with Crippen LogP contribution in [0.25, 0.3) is 0 Å². The van der Waals surface area contributed by atoms with Crippen LogP contribution in [0, 0.1) is 0 Å². The van der Waals surface area contributed by atoms with Gasteiger partial charge in [-0.25, -0.2) is 0 Å². The molecule has 0 radical (unpaired) electrons. The molecule has 4 heteroatoms. The molecule has 1 aromatic carbocycles. The summed E-state index contributed by atoms with van der Waals surface area (Å²) in [6.45, 7) is 0. The molecule has 1 unspecified atom stereocenters. The Kier molecular flexibility index (Phi) is 3.22. The van der Waals surface area contributed by atoms with Gasteiger partial charge < -0.3 is 10.8 Å². The molecule has 0 aliphatic heterocycles. The van der Waals surface area contributed by atoms with Crippen LogP contribution in [0.5, 0.6) is 0 Å². The van der Waals surface area contributed by atoms with Crippen LogP contribution < -0.4 is 5.73 Å². The summed E-state index contributed by atoms with van der Waals surface area (Å²) in [4.78, 5) is 3.97. The standard InChI is InChI=1S/C12H11BrN2O/c13-9-3-4-10(11(14)6-9)12(16)8-2-1-5-15-7-8/h1-7,12,16H,14H2. The third-order valence-corrected chi connectivity index (χ3v) is 2.84. The summed E-state index contributed by atoms with van der Waals surface area (Å²) < 4.78 is 0.895. The van der Waals surface area contributed by atoms with E-state index in [-0.39, 0.29) is 0 Å². The first-order chi connectivity index (χ1) is 7.68. The first kappa shape index (κ1) is 11.1. The maximum atomic E-state index is 10.1. The lowest BCUT2D eigenvalue weighted by molar-refractivity contribution is 0.220. The Morgan fingerprint density at radius 1 is 1.31 bits per heavy atom. The molecule has 16 heavy (non-hydrogen) atoms. The second-order valence-corrected chi connectivity index (χ2v) is 4.38. The van der Waals surface area contributed by atoms with Crippen molar-refractivity contribution in [1.29, 1.82) is 0 Å². The van der Waals surface area contributed by atoms with Gasteiger partial charge in [0.15, 0.2) is 0 Å². The van der Waals surface area contributed by atoms with Gasteiger partial charge in [0.2, 0.25) is 0 Å². The molecular weight excluding hydrogens is 268 g/mol. The highest BCUT2D eigenvalue weighted by molar-refractivity contribution is 9.10. The van der Waals surface area contributed by atoms with E-state index in [9.17, 15) is 5.11 Å². The monoisotopic (exact) mass is 278 g/mol. The number of aromatic nitrogens is 1. The van der Waals surface area contributed by atoms with Crippen molar-refractivity contribution < 1.29 is 5.11 Å². The molecule has 2 aromatic rings. The summed E-state index contributed by atoms with van der Waals surface area (Å²) in [7, 11) is 0. The molecule has 0 aliphatic rings. The number of anilines is 1. The lowest BCUT2D eigenvalue weighted by Crippen LogP contribution is -2.03. The van der Waals surface area contributed by atoms with Gasteiger partial charge in [-0.3, -0.25) is 4.98 Å². The molecule has 1 aromatic heterocycles. The van der Waals surface area contributed by atoms with Crippen LogP contribution in [0.2, 0.25) is 0 Å². The summed E-state index contributed by atoms with van der Waals surface area (Å²) >= 11 is 3.33. The molecule has 1 atom stereocenters. The van der Waals surface area contributed by atoms with Crippen molar-refractivity contribution in [3.63, 3.8) is 0 Å². The van der Waals surface area contributed by atoms with Crippen molar-refractivity contribution in [3.05, 3.63) is 58.3 Å². The number of hydrogen-bond acceptors (Lipinski definition) is 3. The molecule has 0 spiro atoms. The van der Waals surface area contributed by atoms with Gasteiger partial charge in [-0.05, 0) is 18.2 Å². The molecule has 0 saturated carbocycles. The van der Waals surface area contributed by atoms with Gasteiger partial charge in [-0.2, -0.15) is 0 Å². The summed E-state index contributed by atoms with van der Waals surface area (Å²) in [5, 5.41) is 10.1. The zero-order valence-electron chi connectivity index (χ0n) is 8.47. The number of pyridine rings is 1. The minimum atomic E-state index is -0.734. The fraction of sp³-hybridized carbons (Fsp3) is 0.0833. The Morgan fingerprint density at radius 3 is 2.75 bits per heavy atom. The maximum absolute atomic E-state index is 10.1. The summed E-state index contributed by atoms with van der Waals surface area (Å²) in [5.74, 6) is 0. The van der Waals surface area contributed by atoms with Gasteiger partial charge in [0.05, 0.1) is 0 Å². The van der Waals surface area contributed by atoms with Gasteiger partial charge in [0, 0.05) is 33.7 Å². The quantitative estimate of drug-likeness (QED) is 0.830. The minimum absolute atomic E-state index is 0.561. The highest BCUT2D eigenvalue weighted by Crippen LogP contribution is 2.28. The third-order valence-electron chi connectivity index (χ3n) is 2.34. The van der Waals surface area contributed by atoms with E-state index >= 15 is 0 Å². The fourth-order valence-corrected chi connectivity index (χ4v) is 1.89. The van der Waals surface area contributed by atoms with Crippen LogP contribution >= 0.6 is 15.9 Å². The Morgan fingerprint density at radius 2 is 2.12 bits per heavy atom. The van der Waals surface area contributed by atoms with Crippen LogP contribution in [-0.2, 0) is 0 Å². The van der Waals surface area contributed by atoms with E-state index in [1.807, 2.05) is 12.1 Å². The van der Waals surface area contributed by atoms with Gasteiger partial charge in [0.1, 0.15) is 6.10 Å². The van der Waals surface area contributed by atoms with Crippen molar-refractivity contribution in [2.75, 3.05) is 5.73 Å². The second kappa shape index (κ2) is 4.63. The molecule has 2 rings (SSSR count). The number of aliphatic hydroxyl groups excluding tert-OH is 1. The lowest BCUT2D eigenvalue weighted by Gasteiger charge is -2.13. The Bertz CT molecular complexity index is 488. The molecule has 0 fully saturated rings. The fourth-order valence-electron chi connectivity index (χ4n) is 1.51.